The van der Waals surface area contributed by atoms with Crippen LogP contribution in [0, 0.1) is 0 Å². The van der Waals surface area contributed by atoms with Crippen molar-refractivity contribution in [1.82, 2.24) is 4.90 Å². The van der Waals surface area contributed by atoms with Gasteiger partial charge in [0.1, 0.15) is 0 Å². The van der Waals surface area contributed by atoms with Gasteiger partial charge in [-0.25, -0.2) is 0 Å². The fourth-order valence-corrected chi connectivity index (χ4v) is 3.55. The second-order valence-corrected chi connectivity index (χ2v) is 5.16. The molecule has 0 radical (unpaired) electrons. The number of carbonyl (C=O) groups excluding carboxylic acids is 2. The van der Waals surface area contributed by atoms with E-state index in [1.165, 1.54) is 0 Å². The van der Waals surface area contributed by atoms with Gasteiger partial charge in [0, 0.05) is 12.1 Å². The molecule has 0 saturated carbocycles. The third-order valence-electron chi connectivity index (χ3n) is 4.54. The van der Waals surface area contributed by atoms with Crippen LogP contribution in [0.5, 0.6) is 0 Å². The van der Waals surface area contributed by atoms with E-state index in [2.05, 4.69) is 0 Å². The predicted octanol–water partition coefficient (Wildman–Crippen LogP) is 2.15. The molecule has 3 heteroatoms. The van der Waals surface area contributed by atoms with Gasteiger partial charge in [-0.05, 0) is 25.3 Å². The quantitative estimate of drug-likeness (QED) is 0.798. The molecule has 1 amide bonds. The minimum atomic E-state index is -0.453. The van der Waals surface area contributed by atoms with Crippen molar-refractivity contribution in [3.05, 3.63) is 35.4 Å². The van der Waals surface area contributed by atoms with Gasteiger partial charge in [0.25, 0.3) is 0 Å². The number of likely N-dealkylation sites (N-methyl/N-ethyl adjacent to an activating group) is 1. The highest BCUT2D eigenvalue weighted by Gasteiger charge is 2.57. The van der Waals surface area contributed by atoms with Crippen molar-refractivity contribution in [1.29, 1.82) is 0 Å². The molecule has 2 aliphatic rings. The molecule has 3 rings (SSSR count). The standard InChI is InChI=1S/C15H17NO2/c1-3-15-9-12(16(4-2)14(15)18)13(17)10-7-5-6-8-11(10)15/h5-8,12H,3-4,9H2,1-2H3. The number of fused-ring (bicyclic) bond motifs is 4. The first-order chi connectivity index (χ1) is 8.65. The van der Waals surface area contributed by atoms with Crippen LogP contribution in [0.3, 0.4) is 0 Å². The van der Waals surface area contributed by atoms with E-state index in [1.54, 1.807) is 4.90 Å². The summed E-state index contributed by atoms with van der Waals surface area (Å²) in [6.07, 6.45) is 1.43. The van der Waals surface area contributed by atoms with Crippen LogP contribution in [-0.2, 0) is 10.2 Å². The lowest BCUT2D eigenvalue weighted by Gasteiger charge is -2.30. The van der Waals surface area contributed by atoms with Gasteiger partial charge in [-0.3, -0.25) is 9.59 Å². The number of amides is 1. The molecule has 94 valence electrons. The van der Waals surface area contributed by atoms with E-state index in [1.807, 2.05) is 38.1 Å². The summed E-state index contributed by atoms with van der Waals surface area (Å²) in [4.78, 5) is 26.9. The minimum absolute atomic E-state index is 0.113. The third kappa shape index (κ3) is 1.14. The number of hydrogen-bond acceptors (Lipinski definition) is 2. The van der Waals surface area contributed by atoms with Gasteiger partial charge in [-0.15, -0.1) is 0 Å². The maximum absolute atomic E-state index is 12.7. The topological polar surface area (TPSA) is 37.4 Å². The third-order valence-corrected chi connectivity index (χ3v) is 4.54. The van der Waals surface area contributed by atoms with Gasteiger partial charge in [0.2, 0.25) is 5.91 Å². The zero-order chi connectivity index (χ0) is 12.9. The van der Waals surface area contributed by atoms with Crippen LogP contribution in [0.15, 0.2) is 24.3 Å². The first-order valence-electron chi connectivity index (χ1n) is 6.60. The number of carbonyl (C=O) groups is 2. The Morgan fingerprint density at radius 3 is 2.67 bits per heavy atom. The van der Waals surface area contributed by atoms with Gasteiger partial charge in [0.05, 0.1) is 11.5 Å². The molecule has 1 aromatic rings. The summed E-state index contributed by atoms with van der Waals surface area (Å²) >= 11 is 0. The average molecular weight is 243 g/mol. The first kappa shape index (κ1) is 11.5. The number of likely N-dealkylation sites (tertiary alicyclic amines) is 1. The van der Waals surface area contributed by atoms with Crippen molar-refractivity contribution in [2.45, 2.75) is 38.1 Å². The van der Waals surface area contributed by atoms with Crippen LogP contribution in [0.2, 0.25) is 0 Å². The molecule has 18 heavy (non-hydrogen) atoms. The fraction of sp³-hybridized carbons (Fsp3) is 0.467. The summed E-state index contributed by atoms with van der Waals surface area (Å²) in [5.74, 6) is 0.248. The van der Waals surface area contributed by atoms with Crippen molar-refractivity contribution >= 4 is 11.7 Å². The van der Waals surface area contributed by atoms with Gasteiger partial charge >= 0.3 is 0 Å². The van der Waals surface area contributed by atoms with E-state index >= 15 is 0 Å². The molecule has 2 unspecified atom stereocenters. The zero-order valence-electron chi connectivity index (χ0n) is 10.8. The van der Waals surface area contributed by atoms with Gasteiger partial charge in [-0.1, -0.05) is 31.2 Å². The second-order valence-electron chi connectivity index (χ2n) is 5.16. The average Bonchev–Trinajstić information content (AvgIpc) is 2.68. The van der Waals surface area contributed by atoms with Gasteiger partial charge < -0.3 is 4.90 Å². The number of Topliss-reactive ketones (excluding diaryl/α,β-unsaturated/α-hetero) is 1. The highest BCUT2D eigenvalue weighted by atomic mass is 16.2. The monoisotopic (exact) mass is 243 g/mol. The van der Waals surface area contributed by atoms with Gasteiger partial charge in [-0.2, -0.15) is 0 Å². The lowest BCUT2D eigenvalue weighted by atomic mass is 9.69. The number of rotatable bonds is 2. The van der Waals surface area contributed by atoms with Crippen LogP contribution in [0.25, 0.3) is 0 Å². The molecule has 1 heterocycles. The number of hydrogen-bond donors (Lipinski definition) is 0. The molecule has 3 nitrogen and oxygen atoms in total. The Labute approximate surface area is 107 Å². The smallest absolute Gasteiger partial charge is 0.233 e. The Hall–Kier alpha value is -1.64. The molecule has 0 N–H and O–H groups in total. The highest BCUT2D eigenvalue weighted by Crippen LogP contribution is 2.47. The number of benzene rings is 1. The Morgan fingerprint density at radius 2 is 2.00 bits per heavy atom. The number of nitrogens with zero attached hydrogens (tertiary/aromatic N) is 1. The van der Waals surface area contributed by atoms with E-state index in [-0.39, 0.29) is 17.7 Å². The molecule has 2 bridgehead atoms. The van der Waals surface area contributed by atoms with Gasteiger partial charge in [0.15, 0.2) is 5.78 Å². The molecule has 1 aliphatic heterocycles. The molecule has 1 aromatic carbocycles. The Bertz CT molecular complexity index is 537. The molecule has 0 aromatic heterocycles. The summed E-state index contributed by atoms with van der Waals surface area (Å²) < 4.78 is 0. The Morgan fingerprint density at radius 1 is 1.28 bits per heavy atom. The van der Waals surface area contributed by atoms with Crippen molar-refractivity contribution in [3.8, 4) is 0 Å². The van der Waals surface area contributed by atoms with Crippen molar-refractivity contribution < 1.29 is 9.59 Å². The Balaban J connectivity index is 2.26. The molecular weight excluding hydrogens is 226 g/mol. The minimum Gasteiger partial charge on any atom is -0.332 e. The van der Waals surface area contributed by atoms with Crippen molar-refractivity contribution in [2.24, 2.45) is 0 Å². The van der Waals surface area contributed by atoms with Crippen LogP contribution < -0.4 is 0 Å². The largest absolute Gasteiger partial charge is 0.332 e. The molecule has 1 fully saturated rings. The maximum Gasteiger partial charge on any atom is 0.233 e. The Kier molecular flexibility index (Phi) is 2.34. The summed E-state index contributed by atoms with van der Waals surface area (Å²) in [5, 5.41) is 0. The summed E-state index contributed by atoms with van der Waals surface area (Å²) in [6.45, 7) is 4.60. The SMILES string of the molecule is CCN1C(=O)C2(CC)CC1C(=O)c1ccccc12. The molecule has 0 spiro atoms. The van der Waals surface area contributed by atoms with E-state index in [4.69, 9.17) is 0 Å². The summed E-state index contributed by atoms with van der Waals surface area (Å²) in [6, 6.07) is 7.37. The lowest BCUT2D eigenvalue weighted by molar-refractivity contribution is -0.132. The van der Waals surface area contributed by atoms with Crippen LogP contribution in [0.1, 0.15) is 42.6 Å². The molecular formula is C15H17NO2. The fourth-order valence-electron chi connectivity index (χ4n) is 3.55. The van der Waals surface area contributed by atoms with Crippen molar-refractivity contribution in [3.63, 3.8) is 0 Å². The predicted molar refractivity (Wildman–Crippen MR) is 68.5 cm³/mol. The van der Waals surface area contributed by atoms with Crippen LogP contribution in [-0.4, -0.2) is 29.2 Å². The number of ketones is 1. The maximum atomic E-state index is 12.7. The zero-order valence-corrected chi connectivity index (χ0v) is 10.8. The van der Waals surface area contributed by atoms with E-state index in [9.17, 15) is 9.59 Å². The van der Waals surface area contributed by atoms with Crippen LogP contribution >= 0.6 is 0 Å². The highest BCUT2D eigenvalue weighted by molar-refractivity contribution is 6.11. The summed E-state index contributed by atoms with van der Waals surface area (Å²) in [7, 11) is 0. The second kappa shape index (κ2) is 3.67. The van der Waals surface area contributed by atoms with E-state index in [0.29, 0.717) is 13.0 Å². The van der Waals surface area contributed by atoms with E-state index < -0.39 is 5.41 Å². The van der Waals surface area contributed by atoms with Crippen LogP contribution in [0.4, 0.5) is 0 Å². The summed E-state index contributed by atoms with van der Waals surface area (Å²) in [5.41, 5.74) is 1.24. The lowest BCUT2D eigenvalue weighted by Crippen LogP contribution is -2.38. The molecule has 1 saturated heterocycles. The normalized spacial score (nSPS) is 29.7. The van der Waals surface area contributed by atoms with E-state index in [0.717, 1.165) is 17.5 Å². The first-order valence-corrected chi connectivity index (χ1v) is 6.60. The molecule has 1 aliphatic carbocycles. The van der Waals surface area contributed by atoms with Crippen molar-refractivity contribution in [2.75, 3.05) is 6.54 Å². The molecule has 2 atom stereocenters.